The number of aromatic nitrogens is 2. The Hall–Kier alpha value is -1.61. The van der Waals surface area contributed by atoms with Crippen LogP contribution in [0.1, 0.15) is 35.6 Å². The number of hydrogen-bond donors (Lipinski definition) is 1. The quantitative estimate of drug-likeness (QED) is 0.907. The van der Waals surface area contributed by atoms with Crippen LogP contribution in [-0.2, 0) is 7.05 Å². The minimum absolute atomic E-state index is 0.596. The first-order valence-corrected chi connectivity index (χ1v) is 7.48. The first-order valence-electron chi connectivity index (χ1n) is 7.48. The normalized spacial score (nSPS) is 19.2. The van der Waals surface area contributed by atoms with E-state index in [1.54, 1.807) is 0 Å². The number of hydrogen-bond acceptors (Lipinski definition) is 2. The molecule has 1 aliphatic rings. The lowest BCUT2D eigenvalue weighted by Crippen LogP contribution is -2.29. The number of piperidine rings is 1. The first-order chi connectivity index (χ1) is 9.68. The molecule has 0 spiro atoms. The van der Waals surface area contributed by atoms with Gasteiger partial charge in [-0.2, -0.15) is 5.10 Å². The standard InChI is InChI=1S/C17H23N3/c1-12-7-4-5-9-15(12)16-13(2)17(20(3)19-16)14-8-6-10-18-11-14/h4-5,7,9,14,18H,6,8,10-11H2,1-3H3. The summed E-state index contributed by atoms with van der Waals surface area (Å²) in [5.74, 6) is 0.596. The summed E-state index contributed by atoms with van der Waals surface area (Å²) >= 11 is 0. The van der Waals surface area contributed by atoms with Crippen molar-refractivity contribution in [2.24, 2.45) is 7.05 Å². The third-order valence-electron chi connectivity index (χ3n) is 4.42. The smallest absolute Gasteiger partial charge is 0.0957 e. The van der Waals surface area contributed by atoms with Crippen molar-refractivity contribution in [3.05, 3.63) is 41.1 Å². The summed E-state index contributed by atoms with van der Waals surface area (Å²) in [6.07, 6.45) is 2.52. The van der Waals surface area contributed by atoms with Crippen LogP contribution < -0.4 is 5.32 Å². The monoisotopic (exact) mass is 269 g/mol. The van der Waals surface area contributed by atoms with Crippen molar-refractivity contribution < 1.29 is 0 Å². The topological polar surface area (TPSA) is 29.9 Å². The summed E-state index contributed by atoms with van der Waals surface area (Å²) < 4.78 is 2.09. The molecule has 0 aliphatic carbocycles. The van der Waals surface area contributed by atoms with Gasteiger partial charge < -0.3 is 5.32 Å². The summed E-state index contributed by atoms with van der Waals surface area (Å²) in [6, 6.07) is 8.51. The third-order valence-corrected chi connectivity index (χ3v) is 4.42. The van der Waals surface area contributed by atoms with Crippen molar-refractivity contribution >= 4 is 0 Å². The molecule has 0 amide bonds. The largest absolute Gasteiger partial charge is 0.316 e. The van der Waals surface area contributed by atoms with E-state index in [1.165, 1.54) is 35.2 Å². The van der Waals surface area contributed by atoms with Crippen LogP contribution in [0.3, 0.4) is 0 Å². The van der Waals surface area contributed by atoms with E-state index in [0.29, 0.717) is 5.92 Å². The van der Waals surface area contributed by atoms with E-state index in [4.69, 9.17) is 5.10 Å². The summed E-state index contributed by atoms with van der Waals surface area (Å²) in [7, 11) is 2.08. The minimum Gasteiger partial charge on any atom is -0.316 e. The maximum absolute atomic E-state index is 4.81. The molecule has 2 aromatic rings. The molecule has 1 unspecified atom stereocenters. The Morgan fingerprint density at radius 2 is 2.05 bits per heavy atom. The zero-order chi connectivity index (χ0) is 14.1. The lowest BCUT2D eigenvalue weighted by atomic mass is 9.92. The van der Waals surface area contributed by atoms with Gasteiger partial charge in [-0.3, -0.25) is 4.68 Å². The molecule has 1 aromatic carbocycles. The molecule has 0 radical (unpaired) electrons. The number of rotatable bonds is 2. The average Bonchev–Trinajstić information content (AvgIpc) is 2.75. The lowest BCUT2D eigenvalue weighted by molar-refractivity contribution is 0.440. The van der Waals surface area contributed by atoms with Crippen molar-refractivity contribution in [2.45, 2.75) is 32.6 Å². The number of benzene rings is 1. The van der Waals surface area contributed by atoms with Crippen LogP contribution in [-0.4, -0.2) is 22.9 Å². The molecule has 106 valence electrons. The van der Waals surface area contributed by atoms with Crippen molar-refractivity contribution in [1.82, 2.24) is 15.1 Å². The summed E-state index contributed by atoms with van der Waals surface area (Å²) in [5.41, 5.74) is 6.44. The number of nitrogens with zero attached hydrogens (tertiary/aromatic N) is 2. The molecular formula is C17H23N3. The van der Waals surface area contributed by atoms with E-state index >= 15 is 0 Å². The Kier molecular flexibility index (Phi) is 3.62. The van der Waals surface area contributed by atoms with Gasteiger partial charge in [0.25, 0.3) is 0 Å². The van der Waals surface area contributed by atoms with Gasteiger partial charge in [-0.1, -0.05) is 24.3 Å². The second-order valence-corrected chi connectivity index (χ2v) is 5.84. The zero-order valence-electron chi connectivity index (χ0n) is 12.6. The van der Waals surface area contributed by atoms with Gasteiger partial charge in [0, 0.05) is 30.8 Å². The van der Waals surface area contributed by atoms with Crippen LogP contribution in [0.4, 0.5) is 0 Å². The molecular weight excluding hydrogens is 246 g/mol. The molecule has 2 heterocycles. The fourth-order valence-electron chi connectivity index (χ4n) is 3.39. The fraction of sp³-hybridized carbons (Fsp3) is 0.471. The Bertz CT molecular complexity index is 607. The Balaban J connectivity index is 2.04. The molecule has 20 heavy (non-hydrogen) atoms. The van der Waals surface area contributed by atoms with E-state index in [9.17, 15) is 0 Å². The van der Waals surface area contributed by atoms with E-state index in [0.717, 1.165) is 18.8 Å². The van der Waals surface area contributed by atoms with Crippen molar-refractivity contribution in [3.8, 4) is 11.3 Å². The van der Waals surface area contributed by atoms with E-state index in [-0.39, 0.29) is 0 Å². The second kappa shape index (κ2) is 5.41. The molecule has 3 heteroatoms. The highest BCUT2D eigenvalue weighted by Gasteiger charge is 2.23. The van der Waals surface area contributed by atoms with Gasteiger partial charge in [-0.05, 0) is 44.4 Å². The maximum atomic E-state index is 4.81. The highest BCUT2D eigenvalue weighted by molar-refractivity contribution is 5.67. The Morgan fingerprint density at radius 1 is 1.25 bits per heavy atom. The van der Waals surface area contributed by atoms with Gasteiger partial charge in [0.05, 0.1) is 5.69 Å². The number of aryl methyl sites for hydroxylation is 2. The Morgan fingerprint density at radius 3 is 2.75 bits per heavy atom. The van der Waals surface area contributed by atoms with Crippen LogP contribution in [0.25, 0.3) is 11.3 Å². The van der Waals surface area contributed by atoms with E-state index in [2.05, 4.69) is 55.2 Å². The molecule has 1 aliphatic heterocycles. The molecule has 1 atom stereocenters. The highest BCUT2D eigenvalue weighted by atomic mass is 15.3. The van der Waals surface area contributed by atoms with Crippen LogP contribution in [0.2, 0.25) is 0 Å². The van der Waals surface area contributed by atoms with E-state index < -0.39 is 0 Å². The highest BCUT2D eigenvalue weighted by Crippen LogP contribution is 2.32. The molecule has 0 saturated carbocycles. The molecule has 0 bridgehead atoms. The predicted octanol–water partition coefficient (Wildman–Crippen LogP) is 3.17. The SMILES string of the molecule is Cc1ccccc1-c1nn(C)c(C2CCCNC2)c1C. The lowest BCUT2D eigenvalue weighted by Gasteiger charge is -2.23. The number of nitrogens with one attached hydrogen (secondary N) is 1. The minimum atomic E-state index is 0.596. The van der Waals surface area contributed by atoms with Gasteiger partial charge in [-0.15, -0.1) is 0 Å². The molecule has 1 saturated heterocycles. The summed E-state index contributed by atoms with van der Waals surface area (Å²) in [5, 5.41) is 8.31. The van der Waals surface area contributed by atoms with Crippen LogP contribution >= 0.6 is 0 Å². The van der Waals surface area contributed by atoms with Gasteiger partial charge >= 0.3 is 0 Å². The van der Waals surface area contributed by atoms with Gasteiger partial charge in [0.15, 0.2) is 0 Å². The molecule has 3 nitrogen and oxygen atoms in total. The first kappa shape index (κ1) is 13.4. The van der Waals surface area contributed by atoms with Crippen LogP contribution in [0, 0.1) is 13.8 Å². The molecule has 1 fully saturated rings. The van der Waals surface area contributed by atoms with Gasteiger partial charge in [0.1, 0.15) is 0 Å². The van der Waals surface area contributed by atoms with Crippen LogP contribution in [0.15, 0.2) is 24.3 Å². The maximum Gasteiger partial charge on any atom is 0.0957 e. The third kappa shape index (κ3) is 2.27. The van der Waals surface area contributed by atoms with E-state index in [1.807, 2.05) is 0 Å². The van der Waals surface area contributed by atoms with Crippen molar-refractivity contribution in [1.29, 1.82) is 0 Å². The molecule has 1 N–H and O–H groups in total. The van der Waals surface area contributed by atoms with Crippen molar-refractivity contribution in [3.63, 3.8) is 0 Å². The predicted molar refractivity (Wildman–Crippen MR) is 83.0 cm³/mol. The van der Waals surface area contributed by atoms with Gasteiger partial charge in [0.2, 0.25) is 0 Å². The molecule has 3 rings (SSSR count). The summed E-state index contributed by atoms with van der Waals surface area (Å²) in [4.78, 5) is 0. The summed E-state index contributed by atoms with van der Waals surface area (Å²) in [6.45, 7) is 6.61. The fourth-order valence-corrected chi connectivity index (χ4v) is 3.39. The average molecular weight is 269 g/mol. The zero-order valence-corrected chi connectivity index (χ0v) is 12.6. The van der Waals surface area contributed by atoms with Crippen LogP contribution in [0.5, 0.6) is 0 Å². The molecule has 1 aromatic heterocycles. The second-order valence-electron chi connectivity index (χ2n) is 5.84. The van der Waals surface area contributed by atoms with Crippen molar-refractivity contribution in [2.75, 3.05) is 13.1 Å². The van der Waals surface area contributed by atoms with Gasteiger partial charge in [-0.25, -0.2) is 0 Å². The Labute approximate surface area is 121 Å².